The van der Waals surface area contributed by atoms with E-state index in [9.17, 15) is 0 Å². The molecule has 2 nitrogen and oxygen atoms in total. The Kier molecular flexibility index (Phi) is 3.64. The summed E-state index contributed by atoms with van der Waals surface area (Å²) in [6.45, 7) is 6.67. The second kappa shape index (κ2) is 5.26. The van der Waals surface area contributed by atoms with Gasteiger partial charge in [-0.1, -0.05) is 38.1 Å². The summed E-state index contributed by atoms with van der Waals surface area (Å²) in [4.78, 5) is 0. The number of fused-ring (bicyclic) bond motifs is 1. The maximum atomic E-state index is 5.71. The van der Waals surface area contributed by atoms with Gasteiger partial charge in [0.15, 0.2) is 0 Å². The van der Waals surface area contributed by atoms with Gasteiger partial charge < -0.3 is 10.1 Å². The molecule has 0 amide bonds. The molecule has 2 heteroatoms. The fourth-order valence-electron chi connectivity index (χ4n) is 3.50. The van der Waals surface area contributed by atoms with Crippen molar-refractivity contribution in [1.29, 1.82) is 0 Å². The SMILES string of the molecule is CC1(C)CCC(NCC2CCCO2)c2ccccc21. The Hall–Kier alpha value is -0.860. The van der Waals surface area contributed by atoms with Gasteiger partial charge in [0.1, 0.15) is 0 Å². The zero-order valence-electron chi connectivity index (χ0n) is 12.1. The van der Waals surface area contributed by atoms with Crippen molar-refractivity contribution in [3.8, 4) is 0 Å². The Balaban J connectivity index is 1.73. The standard InChI is InChI=1S/C17H25NO/c1-17(2)10-9-16(14-7-3-4-8-15(14)17)18-12-13-6-5-11-19-13/h3-4,7-8,13,16,18H,5-6,9-12H2,1-2H3. The number of hydrogen-bond acceptors (Lipinski definition) is 2. The molecule has 0 spiro atoms. The van der Waals surface area contributed by atoms with Crippen molar-refractivity contribution >= 4 is 0 Å². The highest BCUT2D eigenvalue weighted by Gasteiger charge is 2.32. The topological polar surface area (TPSA) is 21.3 Å². The van der Waals surface area contributed by atoms with Crippen LogP contribution in [0.15, 0.2) is 24.3 Å². The average Bonchev–Trinajstić information content (AvgIpc) is 2.91. The normalized spacial score (nSPS) is 29.2. The van der Waals surface area contributed by atoms with Crippen LogP contribution in [0.1, 0.15) is 56.7 Å². The number of nitrogens with one attached hydrogen (secondary N) is 1. The lowest BCUT2D eigenvalue weighted by molar-refractivity contribution is 0.106. The smallest absolute Gasteiger partial charge is 0.0700 e. The van der Waals surface area contributed by atoms with Crippen molar-refractivity contribution in [2.24, 2.45) is 0 Å². The molecule has 3 rings (SSSR count). The van der Waals surface area contributed by atoms with E-state index in [1.54, 1.807) is 0 Å². The molecule has 1 N–H and O–H groups in total. The predicted molar refractivity (Wildman–Crippen MR) is 78.4 cm³/mol. The van der Waals surface area contributed by atoms with Crippen LogP contribution in [0.4, 0.5) is 0 Å². The highest BCUT2D eigenvalue weighted by atomic mass is 16.5. The van der Waals surface area contributed by atoms with Crippen molar-refractivity contribution < 1.29 is 4.74 Å². The first-order valence-electron chi connectivity index (χ1n) is 7.61. The Bertz CT molecular complexity index is 435. The summed E-state index contributed by atoms with van der Waals surface area (Å²) in [6, 6.07) is 9.44. The molecule has 2 unspecified atom stereocenters. The second-order valence-corrected chi connectivity index (χ2v) is 6.61. The van der Waals surface area contributed by atoms with Crippen LogP contribution in [-0.4, -0.2) is 19.3 Å². The van der Waals surface area contributed by atoms with E-state index in [1.165, 1.54) is 36.8 Å². The molecule has 1 fully saturated rings. The average molecular weight is 259 g/mol. The highest BCUT2D eigenvalue weighted by Crippen LogP contribution is 2.41. The van der Waals surface area contributed by atoms with Crippen molar-refractivity contribution in [1.82, 2.24) is 5.32 Å². The summed E-state index contributed by atoms with van der Waals surface area (Å²) >= 11 is 0. The van der Waals surface area contributed by atoms with Crippen molar-refractivity contribution in [3.63, 3.8) is 0 Å². The van der Waals surface area contributed by atoms with Crippen molar-refractivity contribution in [2.75, 3.05) is 13.2 Å². The number of ether oxygens (including phenoxy) is 1. The van der Waals surface area contributed by atoms with Crippen LogP contribution in [0, 0.1) is 0 Å². The van der Waals surface area contributed by atoms with Crippen LogP contribution in [0.2, 0.25) is 0 Å². The molecular weight excluding hydrogens is 234 g/mol. The van der Waals surface area contributed by atoms with Gasteiger partial charge in [-0.05, 0) is 42.2 Å². The van der Waals surface area contributed by atoms with E-state index in [2.05, 4.69) is 43.4 Å². The molecular formula is C17H25NO. The van der Waals surface area contributed by atoms with Gasteiger partial charge in [-0.15, -0.1) is 0 Å². The molecule has 0 bridgehead atoms. The van der Waals surface area contributed by atoms with E-state index in [-0.39, 0.29) is 0 Å². The lowest BCUT2D eigenvalue weighted by Gasteiger charge is -2.37. The maximum absolute atomic E-state index is 5.71. The number of rotatable bonds is 3. The van der Waals surface area contributed by atoms with E-state index in [4.69, 9.17) is 4.74 Å². The molecule has 2 aliphatic rings. The molecule has 19 heavy (non-hydrogen) atoms. The minimum absolute atomic E-state index is 0.318. The van der Waals surface area contributed by atoms with Gasteiger partial charge in [0.2, 0.25) is 0 Å². The Morgan fingerprint density at radius 2 is 2.11 bits per heavy atom. The van der Waals surface area contributed by atoms with Gasteiger partial charge in [-0.2, -0.15) is 0 Å². The summed E-state index contributed by atoms with van der Waals surface area (Å²) in [5, 5.41) is 3.73. The summed E-state index contributed by atoms with van der Waals surface area (Å²) in [5.74, 6) is 0. The molecule has 1 aliphatic heterocycles. The Labute approximate surface area is 116 Å². The van der Waals surface area contributed by atoms with E-state index < -0.39 is 0 Å². The van der Waals surface area contributed by atoms with Crippen LogP contribution >= 0.6 is 0 Å². The maximum Gasteiger partial charge on any atom is 0.0700 e. The molecule has 1 aromatic rings. The molecule has 1 heterocycles. The van der Waals surface area contributed by atoms with Crippen LogP contribution in [-0.2, 0) is 10.2 Å². The lowest BCUT2D eigenvalue weighted by atomic mass is 9.71. The third-order valence-electron chi connectivity index (χ3n) is 4.74. The minimum atomic E-state index is 0.318. The van der Waals surface area contributed by atoms with E-state index >= 15 is 0 Å². The first kappa shape index (κ1) is 13.1. The Morgan fingerprint density at radius 1 is 1.26 bits per heavy atom. The first-order chi connectivity index (χ1) is 9.17. The largest absolute Gasteiger partial charge is 0.377 e. The van der Waals surface area contributed by atoms with Gasteiger partial charge in [-0.25, -0.2) is 0 Å². The van der Waals surface area contributed by atoms with Crippen molar-refractivity contribution in [2.45, 2.75) is 57.1 Å². The molecule has 0 saturated carbocycles. The molecule has 1 saturated heterocycles. The van der Waals surface area contributed by atoms with Crippen molar-refractivity contribution in [3.05, 3.63) is 35.4 Å². The van der Waals surface area contributed by atoms with Gasteiger partial charge in [0.25, 0.3) is 0 Å². The summed E-state index contributed by atoms with van der Waals surface area (Å²) in [7, 11) is 0. The Morgan fingerprint density at radius 3 is 2.89 bits per heavy atom. The van der Waals surface area contributed by atoms with Crippen LogP contribution in [0.3, 0.4) is 0 Å². The summed E-state index contributed by atoms with van der Waals surface area (Å²) in [5.41, 5.74) is 3.33. The monoisotopic (exact) mass is 259 g/mol. The van der Waals surface area contributed by atoms with Crippen LogP contribution in [0.25, 0.3) is 0 Å². The molecule has 0 aromatic heterocycles. The number of hydrogen-bond donors (Lipinski definition) is 1. The van der Waals surface area contributed by atoms with Crippen LogP contribution < -0.4 is 5.32 Å². The third-order valence-corrected chi connectivity index (χ3v) is 4.74. The fourth-order valence-corrected chi connectivity index (χ4v) is 3.50. The molecule has 1 aromatic carbocycles. The molecule has 0 radical (unpaired) electrons. The quantitative estimate of drug-likeness (QED) is 0.896. The second-order valence-electron chi connectivity index (χ2n) is 6.61. The van der Waals surface area contributed by atoms with Crippen LogP contribution in [0.5, 0.6) is 0 Å². The summed E-state index contributed by atoms with van der Waals surface area (Å²) < 4.78 is 5.71. The zero-order valence-corrected chi connectivity index (χ0v) is 12.1. The summed E-state index contributed by atoms with van der Waals surface area (Å²) in [6.07, 6.45) is 5.36. The molecule has 2 atom stereocenters. The molecule has 1 aliphatic carbocycles. The van der Waals surface area contributed by atoms with E-state index in [0.29, 0.717) is 17.6 Å². The van der Waals surface area contributed by atoms with E-state index in [0.717, 1.165) is 13.2 Å². The first-order valence-corrected chi connectivity index (χ1v) is 7.61. The molecule has 104 valence electrons. The number of benzene rings is 1. The van der Waals surface area contributed by atoms with Gasteiger partial charge in [0.05, 0.1) is 6.10 Å². The lowest BCUT2D eigenvalue weighted by Crippen LogP contribution is -2.36. The fraction of sp³-hybridized carbons (Fsp3) is 0.647. The van der Waals surface area contributed by atoms with Gasteiger partial charge >= 0.3 is 0 Å². The van der Waals surface area contributed by atoms with Gasteiger partial charge in [0, 0.05) is 19.2 Å². The van der Waals surface area contributed by atoms with Gasteiger partial charge in [-0.3, -0.25) is 0 Å². The van der Waals surface area contributed by atoms with E-state index in [1.807, 2.05) is 0 Å². The highest BCUT2D eigenvalue weighted by molar-refractivity contribution is 5.38. The predicted octanol–water partition coefficient (Wildman–Crippen LogP) is 3.57. The third kappa shape index (κ3) is 2.70. The zero-order chi connectivity index (χ0) is 13.3. The minimum Gasteiger partial charge on any atom is -0.377 e.